The number of rotatable bonds is 7. The van der Waals surface area contributed by atoms with Crippen molar-refractivity contribution in [2.45, 2.75) is 6.54 Å². The summed E-state index contributed by atoms with van der Waals surface area (Å²) < 4.78 is 2.14. The van der Waals surface area contributed by atoms with Crippen LogP contribution in [0.1, 0.15) is 11.1 Å². The first kappa shape index (κ1) is 24.8. The van der Waals surface area contributed by atoms with E-state index in [0.717, 1.165) is 39.3 Å². The Labute approximate surface area is 227 Å². The first-order chi connectivity index (χ1) is 18.6. The van der Waals surface area contributed by atoms with Gasteiger partial charge in [-0.25, -0.2) is 0 Å². The predicted octanol–water partition coefficient (Wildman–Crippen LogP) is 7.69. The highest BCUT2D eigenvalue weighted by atomic mass is 35.5. The third kappa shape index (κ3) is 5.44. The van der Waals surface area contributed by atoms with Gasteiger partial charge in [-0.2, -0.15) is 5.26 Å². The van der Waals surface area contributed by atoms with Gasteiger partial charge < -0.3 is 9.88 Å². The molecule has 0 saturated carbocycles. The second-order valence-corrected chi connectivity index (χ2v) is 9.15. The van der Waals surface area contributed by atoms with Crippen LogP contribution in [0.4, 0.5) is 0 Å². The zero-order chi connectivity index (χ0) is 26.3. The van der Waals surface area contributed by atoms with E-state index >= 15 is 0 Å². The smallest absolute Gasteiger partial charge is 0.262 e. The maximum atomic E-state index is 13.0. The highest BCUT2D eigenvalue weighted by molar-refractivity contribution is 6.30. The third-order valence-electron chi connectivity index (χ3n) is 6.19. The molecular weight excluding hydrogens is 490 g/mol. The van der Waals surface area contributed by atoms with E-state index in [2.05, 4.69) is 16.0 Å². The molecule has 1 N–H and O–H groups in total. The number of hydrogen-bond acceptors (Lipinski definition) is 2. The maximum Gasteiger partial charge on any atom is 0.262 e. The fourth-order valence-electron chi connectivity index (χ4n) is 4.39. The molecule has 0 bridgehead atoms. The highest BCUT2D eigenvalue weighted by Crippen LogP contribution is 2.37. The molecule has 0 radical (unpaired) electrons. The second-order valence-electron chi connectivity index (χ2n) is 8.72. The molecule has 5 heteroatoms. The number of carbonyl (C=O) groups is 1. The minimum absolute atomic E-state index is 0.0333. The minimum Gasteiger partial charge on any atom is -0.347 e. The molecule has 0 aliphatic carbocycles. The largest absolute Gasteiger partial charge is 0.347 e. The Hall–Kier alpha value is -4.85. The number of amides is 1. The van der Waals surface area contributed by atoms with E-state index in [1.165, 1.54) is 0 Å². The van der Waals surface area contributed by atoms with Crippen LogP contribution < -0.4 is 5.32 Å². The normalized spacial score (nSPS) is 11.1. The Morgan fingerprint density at radius 2 is 1.39 bits per heavy atom. The van der Waals surface area contributed by atoms with Crippen molar-refractivity contribution in [2.24, 2.45) is 0 Å². The Morgan fingerprint density at radius 1 is 0.816 bits per heavy atom. The summed E-state index contributed by atoms with van der Waals surface area (Å²) in [5.41, 5.74) is 6.43. The van der Waals surface area contributed by atoms with E-state index in [1.807, 2.05) is 121 Å². The van der Waals surface area contributed by atoms with Crippen LogP contribution in [-0.2, 0) is 11.3 Å². The summed E-state index contributed by atoms with van der Waals surface area (Å²) in [6, 6.07) is 41.4. The van der Waals surface area contributed by atoms with Gasteiger partial charge in [0.05, 0.1) is 11.4 Å². The second kappa shape index (κ2) is 11.5. The molecule has 1 heterocycles. The van der Waals surface area contributed by atoms with Crippen molar-refractivity contribution in [3.8, 4) is 34.3 Å². The molecule has 1 aromatic heterocycles. The lowest BCUT2D eigenvalue weighted by Crippen LogP contribution is -2.23. The Kier molecular flexibility index (Phi) is 7.49. The van der Waals surface area contributed by atoms with Crippen LogP contribution in [0.3, 0.4) is 0 Å². The lowest BCUT2D eigenvalue weighted by molar-refractivity contribution is -0.117. The van der Waals surface area contributed by atoms with Crippen LogP contribution in [0.25, 0.3) is 34.3 Å². The van der Waals surface area contributed by atoms with Crippen LogP contribution >= 0.6 is 11.6 Å². The van der Waals surface area contributed by atoms with Gasteiger partial charge in [0, 0.05) is 22.8 Å². The van der Waals surface area contributed by atoms with E-state index in [0.29, 0.717) is 11.6 Å². The molecule has 1 amide bonds. The van der Waals surface area contributed by atoms with Gasteiger partial charge in [-0.15, -0.1) is 0 Å². The average Bonchev–Trinajstić information content (AvgIpc) is 3.35. The zero-order valence-corrected chi connectivity index (χ0v) is 21.3. The van der Waals surface area contributed by atoms with Crippen molar-refractivity contribution in [1.29, 1.82) is 5.26 Å². The fourth-order valence-corrected chi connectivity index (χ4v) is 4.51. The van der Waals surface area contributed by atoms with Gasteiger partial charge >= 0.3 is 0 Å². The topological polar surface area (TPSA) is 57.8 Å². The molecule has 0 saturated heterocycles. The summed E-state index contributed by atoms with van der Waals surface area (Å²) in [4.78, 5) is 13.0. The van der Waals surface area contributed by atoms with E-state index < -0.39 is 5.91 Å². The first-order valence-electron chi connectivity index (χ1n) is 12.2. The number of carbonyl (C=O) groups excluding carboxylic acids is 1. The molecule has 0 fully saturated rings. The van der Waals surface area contributed by atoms with Crippen molar-refractivity contribution in [3.63, 3.8) is 0 Å². The van der Waals surface area contributed by atoms with Crippen molar-refractivity contribution >= 4 is 23.6 Å². The van der Waals surface area contributed by atoms with Crippen molar-refractivity contribution < 1.29 is 4.79 Å². The number of hydrogen-bond donors (Lipinski definition) is 1. The molecule has 184 valence electrons. The van der Waals surface area contributed by atoms with Gasteiger partial charge in [-0.05, 0) is 53.1 Å². The van der Waals surface area contributed by atoms with Crippen LogP contribution in [0.15, 0.2) is 127 Å². The standard InChI is InChI=1S/C33H24ClN3O/c34-29-16-18-30(19-17-29)37-31(25-12-6-2-7-13-25)21-27(32(37)26-14-8-3-9-15-26)20-28(22-35)33(38)36-23-24-10-4-1-5-11-24/h1-21H,23H2,(H,36,38). The number of aromatic nitrogens is 1. The molecule has 38 heavy (non-hydrogen) atoms. The molecule has 4 nitrogen and oxygen atoms in total. The van der Waals surface area contributed by atoms with E-state index in [4.69, 9.17) is 11.6 Å². The van der Waals surface area contributed by atoms with Crippen molar-refractivity contribution in [1.82, 2.24) is 9.88 Å². The van der Waals surface area contributed by atoms with Crippen molar-refractivity contribution in [3.05, 3.63) is 143 Å². The number of halogens is 1. The van der Waals surface area contributed by atoms with Crippen LogP contribution in [0.2, 0.25) is 5.02 Å². The fraction of sp³-hybridized carbons (Fsp3) is 0.0303. The van der Waals surface area contributed by atoms with E-state index in [-0.39, 0.29) is 5.57 Å². The van der Waals surface area contributed by atoms with Crippen LogP contribution in [-0.4, -0.2) is 10.5 Å². The summed E-state index contributed by atoms with van der Waals surface area (Å²) in [5, 5.41) is 13.5. The summed E-state index contributed by atoms with van der Waals surface area (Å²) in [6.45, 7) is 0.339. The minimum atomic E-state index is -0.420. The summed E-state index contributed by atoms with van der Waals surface area (Å²) >= 11 is 6.22. The SMILES string of the molecule is N#CC(=Cc1cc(-c2ccccc2)n(-c2ccc(Cl)cc2)c1-c1ccccc1)C(=O)NCc1ccccc1. The Bertz CT molecular complexity index is 1620. The lowest BCUT2D eigenvalue weighted by Gasteiger charge is -2.15. The average molecular weight is 514 g/mol. The van der Waals surface area contributed by atoms with Gasteiger partial charge in [0.15, 0.2) is 0 Å². The zero-order valence-electron chi connectivity index (χ0n) is 20.5. The molecule has 0 unspecified atom stereocenters. The molecule has 0 aliphatic rings. The van der Waals surface area contributed by atoms with E-state index in [9.17, 15) is 10.1 Å². The molecule has 4 aromatic carbocycles. The van der Waals surface area contributed by atoms with Crippen molar-refractivity contribution in [2.75, 3.05) is 0 Å². The quantitative estimate of drug-likeness (QED) is 0.179. The highest BCUT2D eigenvalue weighted by Gasteiger charge is 2.20. The maximum absolute atomic E-state index is 13.0. The predicted molar refractivity (Wildman–Crippen MR) is 154 cm³/mol. The van der Waals surface area contributed by atoms with Crippen LogP contribution in [0.5, 0.6) is 0 Å². The van der Waals surface area contributed by atoms with Gasteiger partial charge in [0.2, 0.25) is 0 Å². The monoisotopic (exact) mass is 513 g/mol. The molecule has 5 rings (SSSR count). The molecular formula is C33H24ClN3O. The summed E-state index contributed by atoms with van der Waals surface area (Å²) in [7, 11) is 0. The number of benzene rings is 4. The number of nitrogens with zero attached hydrogens (tertiary/aromatic N) is 2. The number of nitrogens with one attached hydrogen (secondary N) is 1. The van der Waals surface area contributed by atoms with Crippen LogP contribution in [0, 0.1) is 11.3 Å². The van der Waals surface area contributed by atoms with Gasteiger partial charge in [-0.1, -0.05) is 103 Å². The Balaban J connectivity index is 1.67. The lowest BCUT2D eigenvalue weighted by atomic mass is 10.0. The van der Waals surface area contributed by atoms with Gasteiger partial charge in [0.25, 0.3) is 5.91 Å². The first-order valence-corrected chi connectivity index (χ1v) is 12.6. The molecule has 0 atom stereocenters. The summed E-state index contributed by atoms with van der Waals surface area (Å²) in [6.07, 6.45) is 1.67. The number of nitriles is 1. The van der Waals surface area contributed by atoms with Gasteiger partial charge in [0.1, 0.15) is 11.6 Å². The van der Waals surface area contributed by atoms with E-state index in [1.54, 1.807) is 6.08 Å². The molecule has 0 spiro atoms. The van der Waals surface area contributed by atoms with Gasteiger partial charge in [-0.3, -0.25) is 4.79 Å². The summed E-state index contributed by atoms with van der Waals surface area (Å²) in [5.74, 6) is -0.420. The third-order valence-corrected chi connectivity index (χ3v) is 6.44. The Morgan fingerprint density at radius 3 is 2.00 bits per heavy atom. The molecule has 0 aliphatic heterocycles. The molecule has 5 aromatic rings.